The molecule has 0 radical (unpaired) electrons. The Hall–Kier alpha value is -3.30. The van der Waals surface area contributed by atoms with Crippen LogP contribution in [-0.2, 0) is 23.1 Å². The SMILES string of the molecule is Cn1cc(-c2ccc3cnc(CC(=O)C4CC5(C4)CN(C(=O)C(F)(F)F)C5)cc3c2)nn1. The Balaban J connectivity index is 1.22. The number of halogens is 3. The summed E-state index contributed by atoms with van der Waals surface area (Å²) in [6.07, 6.45) is -0.0570. The van der Waals surface area contributed by atoms with E-state index in [2.05, 4.69) is 15.3 Å². The van der Waals surface area contributed by atoms with Gasteiger partial charge in [0.15, 0.2) is 0 Å². The highest BCUT2D eigenvalue weighted by Gasteiger charge is 2.58. The monoisotopic (exact) mass is 443 g/mol. The van der Waals surface area contributed by atoms with Gasteiger partial charge in [-0.2, -0.15) is 13.2 Å². The fourth-order valence-corrected chi connectivity index (χ4v) is 4.80. The second kappa shape index (κ2) is 7.11. The van der Waals surface area contributed by atoms with Crippen LogP contribution in [0.1, 0.15) is 18.5 Å². The molecule has 1 aliphatic heterocycles. The normalized spacial score (nSPS) is 17.9. The van der Waals surface area contributed by atoms with E-state index in [9.17, 15) is 22.8 Å². The number of benzene rings is 1. The molecule has 10 heteroatoms. The van der Waals surface area contributed by atoms with Crippen LogP contribution in [0, 0.1) is 11.3 Å². The molecule has 1 spiro atoms. The average Bonchev–Trinajstić information content (AvgIpc) is 3.10. The maximum atomic E-state index is 12.7. The summed E-state index contributed by atoms with van der Waals surface area (Å²) in [5.74, 6) is -1.95. The number of aromatic nitrogens is 4. The predicted molar refractivity (Wildman–Crippen MR) is 108 cm³/mol. The van der Waals surface area contributed by atoms with E-state index in [4.69, 9.17) is 0 Å². The van der Waals surface area contributed by atoms with E-state index >= 15 is 0 Å². The lowest BCUT2D eigenvalue weighted by molar-refractivity contribution is -0.203. The van der Waals surface area contributed by atoms with Crippen molar-refractivity contribution < 1.29 is 22.8 Å². The van der Waals surface area contributed by atoms with Gasteiger partial charge < -0.3 is 4.90 Å². The highest BCUT2D eigenvalue weighted by atomic mass is 19.4. The topological polar surface area (TPSA) is 81.0 Å². The molecule has 5 rings (SSSR count). The van der Waals surface area contributed by atoms with Gasteiger partial charge in [0.25, 0.3) is 0 Å². The number of ketones is 1. The first-order valence-corrected chi connectivity index (χ1v) is 10.3. The van der Waals surface area contributed by atoms with Crippen molar-refractivity contribution in [1.29, 1.82) is 0 Å². The smallest absolute Gasteiger partial charge is 0.334 e. The van der Waals surface area contributed by atoms with E-state index in [1.165, 1.54) is 0 Å². The first-order valence-electron chi connectivity index (χ1n) is 10.3. The highest BCUT2D eigenvalue weighted by molar-refractivity contribution is 5.89. The largest absolute Gasteiger partial charge is 0.471 e. The van der Waals surface area contributed by atoms with Crippen molar-refractivity contribution in [2.24, 2.45) is 18.4 Å². The number of aryl methyl sites for hydroxylation is 1. The standard InChI is InChI=1S/C22H20F3N5O2/c1-29-10-18(27-28-29)13-2-3-14-9-26-17(5-15(14)4-13)6-19(31)16-7-21(8-16)11-30(12-21)20(32)22(23,24)25/h2-5,9-10,16H,6-8,11-12H2,1H3. The summed E-state index contributed by atoms with van der Waals surface area (Å²) in [4.78, 5) is 29.2. The first kappa shape index (κ1) is 20.6. The molecule has 2 aliphatic rings. The van der Waals surface area contributed by atoms with Crippen molar-refractivity contribution in [3.05, 3.63) is 42.4 Å². The van der Waals surface area contributed by atoms with Gasteiger partial charge in [0.1, 0.15) is 11.5 Å². The number of alkyl halides is 3. The number of hydrogen-bond donors (Lipinski definition) is 0. The third kappa shape index (κ3) is 3.63. The van der Waals surface area contributed by atoms with Gasteiger partial charge in [-0.3, -0.25) is 19.3 Å². The van der Waals surface area contributed by atoms with Crippen LogP contribution in [0.3, 0.4) is 0 Å². The van der Waals surface area contributed by atoms with Crippen LogP contribution < -0.4 is 0 Å². The molecule has 0 N–H and O–H groups in total. The molecular formula is C22H20F3N5O2. The first-order chi connectivity index (χ1) is 15.1. The minimum absolute atomic E-state index is 0.0353. The van der Waals surface area contributed by atoms with Crippen LogP contribution in [0.25, 0.3) is 22.0 Å². The van der Waals surface area contributed by atoms with Gasteiger partial charge in [0.05, 0.1) is 6.20 Å². The summed E-state index contributed by atoms with van der Waals surface area (Å²) in [6.45, 7) is 0.156. The fourth-order valence-electron chi connectivity index (χ4n) is 4.80. The molecule has 166 valence electrons. The van der Waals surface area contributed by atoms with E-state index < -0.39 is 12.1 Å². The van der Waals surface area contributed by atoms with E-state index in [1.54, 1.807) is 17.9 Å². The molecule has 1 saturated carbocycles. The Bertz CT molecular complexity index is 1220. The van der Waals surface area contributed by atoms with Crippen LogP contribution in [0.4, 0.5) is 13.2 Å². The summed E-state index contributed by atoms with van der Waals surface area (Å²) in [5, 5.41) is 9.95. The van der Waals surface area contributed by atoms with Gasteiger partial charge in [-0.25, -0.2) is 0 Å². The van der Waals surface area contributed by atoms with Crippen LogP contribution in [0.2, 0.25) is 0 Å². The van der Waals surface area contributed by atoms with Crippen molar-refractivity contribution in [2.75, 3.05) is 13.1 Å². The Labute approximate surface area is 181 Å². The number of rotatable bonds is 4. The van der Waals surface area contributed by atoms with Crippen molar-refractivity contribution in [2.45, 2.75) is 25.4 Å². The molecule has 7 nitrogen and oxygen atoms in total. The molecule has 3 aromatic rings. The molecule has 2 fully saturated rings. The quantitative estimate of drug-likeness (QED) is 0.620. The van der Waals surface area contributed by atoms with Gasteiger partial charge in [-0.1, -0.05) is 17.3 Å². The maximum absolute atomic E-state index is 12.7. The molecule has 0 unspecified atom stereocenters. The van der Waals surface area contributed by atoms with Crippen LogP contribution in [-0.4, -0.2) is 55.8 Å². The Morgan fingerprint density at radius 3 is 2.56 bits per heavy atom. The average molecular weight is 443 g/mol. The van der Waals surface area contributed by atoms with Gasteiger partial charge in [-0.15, -0.1) is 5.10 Å². The third-order valence-corrected chi connectivity index (χ3v) is 6.43. The zero-order chi connectivity index (χ0) is 22.7. The fraction of sp³-hybridized carbons (Fsp3) is 0.409. The number of carbonyl (C=O) groups excluding carboxylic acids is 2. The third-order valence-electron chi connectivity index (χ3n) is 6.43. The van der Waals surface area contributed by atoms with Gasteiger partial charge in [0, 0.05) is 60.7 Å². The number of pyridine rings is 1. The van der Waals surface area contributed by atoms with Crippen LogP contribution in [0.5, 0.6) is 0 Å². The van der Waals surface area contributed by atoms with Crippen LogP contribution >= 0.6 is 0 Å². The summed E-state index contributed by atoms with van der Waals surface area (Å²) in [7, 11) is 1.80. The number of likely N-dealkylation sites (tertiary alicyclic amines) is 1. The van der Waals surface area contributed by atoms with Gasteiger partial charge >= 0.3 is 12.1 Å². The number of fused-ring (bicyclic) bond motifs is 1. The van der Waals surface area contributed by atoms with Gasteiger partial charge in [-0.05, 0) is 30.4 Å². The summed E-state index contributed by atoms with van der Waals surface area (Å²) in [5.41, 5.74) is 1.99. The minimum Gasteiger partial charge on any atom is -0.334 e. The van der Waals surface area contributed by atoms with E-state index in [0.717, 1.165) is 26.9 Å². The summed E-state index contributed by atoms with van der Waals surface area (Å²) in [6, 6.07) is 7.75. The van der Waals surface area contributed by atoms with Gasteiger partial charge in [0.2, 0.25) is 0 Å². The highest BCUT2D eigenvalue weighted by Crippen LogP contribution is 2.53. The van der Waals surface area contributed by atoms with Crippen molar-refractivity contribution >= 4 is 22.5 Å². The molecule has 0 atom stereocenters. The molecule has 1 saturated heterocycles. The Morgan fingerprint density at radius 1 is 1.16 bits per heavy atom. The summed E-state index contributed by atoms with van der Waals surface area (Å²) < 4.78 is 39.2. The van der Waals surface area contributed by atoms with Crippen molar-refractivity contribution in [3.63, 3.8) is 0 Å². The molecular weight excluding hydrogens is 423 g/mol. The molecule has 1 aromatic carbocycles. The zero-order valence-corrected chi connectivity index (χ0v) is 17.3. The zero-order valence-electron chi connectivity index (χ0n) is 17.3. The lowest BCUT2D eigenvalue weighted by atomic mass is 9.56. The number of amides is 1. The lowest BCUT2D eigenvalue weighted by Crippen LogP contribution is -2.66. The van der Waals surface area contributed by atoms with E-state index in [-0.39, 0.29) is 36.6 Å². The predicted octanol–water partition coefficient (Wildman–Crippen LogP) is 2.94. The van der Waals surface area contributed by atoms with Crippen molar-refractivity contribution in [3.8, 4) is 11.3 Å². The number of Topliss-reactive ketones (excluding diaryl/α,β-unsaturated/α-hetero) is 1. The van der Waals surface area contributed by atoms with Crippen molar-refractivity contribution in [1.82, 2.24) is 24.9 Å². The number of carbonyl (C=O) groups is 2. The minimum atomic E-state index is -4.84. The van der Waals surface area contributed by atoms with E-state index in [1.807, 2.05) is 30.5 Å². The van der Waals surface area contributed by atoms with Crippen LogP contribution in [0.15, 0.2) is 36.7 Å². The molecule has 1 amide bonds. The molecule has 32 heavy (non-hydrogen) atoms. The number of hydrogen-bond acceptors (Lipinski definition) is 5. The lowest BCUT2D eigenvalue weighted by Gasteiger charge is -2.58. The molecule has 0 bridgehead atoms. The second-order valence-corrected chi connectivity index (χ2v) is 8.92. The summed E-state index contributed by atoms with van der Waals surface area (Å²) >= 11 is 0. The molecule has 2 aromatic heterocycles. The Kier molecular flexibility index (Phi) is 4.58. The Morgan fingerprint density at radius 2 is 1.91 bits per heavy atom. The number of nitrogens with zero attached hydrogens (tertiary/aromatic N) is 5. The molecule has 1 aliphatic carbocycles. The maximum Gasteiger partial charge on any atom is 0.471 e. The molecule has 3 heterocycles. The van der Waals surface area contributed by atoms with E-state index in [0.29, 0.717) is 18.5 Å². The second-order valence-electron chi connectivity index (χ2n) is 8.92.